The number of nitrogens with one attached hydrogen (secondary N) is 2. The van der Waals surface area contributed by atoms with Gasteiger partial charge in [0, 0.05) is 31.0 Å². The number of rotatable bonds is 5. The highest BCUT2D eigenvalue weighted by Gasteiger charge is 2.16. The molecular formula is C14H20FN3O3. The van der Waals surface area contributed by atoms with Crippen LogP contribution >= 0.6 is 0 Å². The van der Waals surface area contributed by atoms with E-state index in [1.54, 1.807) is 23.0 Å². The van der Waals surface area contributed by atoms with Gasteiger partial charge in [-0.15, -0.1) is 0 Å². The van der Waals surface area contributed by atoms with Crippen molar-refractivity contribution in [1.82, 2.24) is 15.2 Å². The molecule has 0 aliphatic heterocycles. The Bertz CT molecular complexity index is 544. The van der Waals surface area contributed by atoms with Gasteiger partial charge < -0.3 is 20.3 Å². The molecule has 0 fully saturated rings. The lowest BCUT2D eigenvalue weighted by Crippen LogP contribution is -2.40. The van der Waals surface area contributed by atoms with E-state index >= 15 is 0 Å². The standard InChI is InChI=1S/C14H20FN3O3/c1-14(2,3)17-12(19)11-4-5-18(9-11)8-10(6-15)7-16-13(20)21/h4-6,9,16H,7-8H2,1-3H3,(H,17,19)(H,20,21)/b10-6+. The van der Waals surface area contributed by atoms with E-state index in [1.165, 1.54) is 0 Å². The molecule has 0 unspecified atom stereocenters. The van der Waals surface area contributed by atoms with Crippen molar-refractivity contribution >= 4 is 12.0 Å². The van der Waals surface area contributed by atoms with Gasteiger partial charge in [0.1, 0.15) is 0 Å². The third kappa shape index (κ3) is 6.11. The van der Waals surface area contributed by atoms with Gasteiger partial charge in [0.05, 0.1) is 11.9 Å². The molecule has 0 spiro atoms. The van der Waals surface area contributed by atoms with Gasteiger partial charge in [-0.2, -0.15) is 0 Å². The monoisotopic (exact) mass is 297 g/mol. The number of carbonyl (C=O) groups excluding carboxylic acids is 1. The first-order chi connectivity index (χ1) is 9.71. The highest BCUT2D eigenvalue weighted by atomic mass is 19.1. The Morgan fingerprint density at radius 2 is 2.10 bits per heavy atom. The summed E-state index contributed by atoms with van der Waals surface area (Å²) in [5.41, 5.74) is 0.388. The van der Waals surface area contributed by atoms with Crippen LogP contribution in [0.4, 0.5) is 9.18 Å². The highest BCUT2D eigenvalue weighted by molar-refractivity contribution is 5.94. The van der Waals surface area contributed by atoms with Crippen LogP contribution in [0.1, 0.15) is 31.1 Å². The number of amides is 2. The molecule has 3 N–H and O–H groups in total. The number of nitrogens with zero attached hydrogens (tertiary/aromatic N) is 1. The van der Waals surface area contributed by atoms with E-state index < -0.39 is 6.09 Å². The molecule has 0 bridgehead atoms. The summed E-state index contributed by atoms with van der Waals surface area (Å²) in [5.74, 6) is -0.212. The van der Waals surface area contributed by atoms with Crippen LogP contribution in [-0.2, 0) is 6.54 Å². The van der Waals surface area contributed by atoms with Gasteiger partial charge in [-0.3, -0.25) is 4.79 Å². The van der Waals surface area contributed by atoms with Crippen LogP contribution < -0.4 is 10.6 Å². The van der Waals surface area contributed by atoms with E-state index in [-0.39, 0.29) is 30.1 Å². The zero-order chi connectivity index (χ0) is 16.0. The molecule has 7 heteroatoms. The van der Waals surface area contributed by atoms with Crippen LogP contribution in [0.5, 0.6) is 0 Å². The summed E-state index contributed by atoms with van der Waals surface area (Å²) in [7, 11) is 0. The second-order valence-electron chi connectivity index (χ2n) is 5.70. The van der Waals surface area contributed by atoms with Crippen LogP contribution in [0.15, 0.2) is 30.4 Å². The predicted octanol–water partition coefficient (Wildman–Crippen LogP) is 2.14. The predicted molar refractivity (Wildman–Crippen MR) is 76.9 cm³/mol. The van der Waals surface area contributed by atoms with Crippen LogP contribution in [0.2, 0.25) is 0 Å². The Balaban J connectivity index is 2.66. The normalized spacial score (nSPS) is 12.1. The molecule has 0 radical (unpaired) electrons. The van der Waals surface area contributed by atoms with Crippen molar-refractivity contribution in [2.75, 3.05) is 6.54 Å². The minimum absolute atomic E-state index is 0.104. The molecule has 1 aromatic rings. The van der Waals surface area contributed by atoms with Crippen molar-refractivity contribution in [1.29, 1.82) is 0 Å². The van der Waals surface area contributed by atoms with Gasteiger partial charge in [0.15, 0.2) is 0 Å². The van der Waals surface area contributed by atoms with E-state index in [4.69, 9.17) is 5.11 Å². The molecule has 2 amide bonds. The van der Waals surface area contributed by atoms with Crippen molar-refractivity contribution in [3.05, 3.63) is 35.9 Å². The van der Waals surface area contributed by atoms with Crippen LogP contribution in [0.25, 0.3) is 0 Å². The van der Waals surface area contributed by atoms with E-state index in [0.29, 0.717) is 11.9 Å². The lowest BCUT2D eigenvalue weighted by molar-refractivity contribution is 0.0919. The fourth-order valence-electron chi connectivity index (χ4n) is 1.64. The first-order valence-electron chi connectivity index (χ1n) is 6.44. The Labute approximate surface area is 122 Å². The number of carboxylic acid groups (broad SMARTS) is 1. The summed E-state index contributed by atoms with van der Waals surface area (Å²) in [6.07, 6.45) is 2.38. The zero-order valence-electron chi connectivity index (χ0n) is 12.3. The molecule has 1 heterocycles. The first-order valence-corrected chi connectivity index (χ1v) is 6.44. The molecular weight excluding hydrogens is 277 g/mol. The Morgan fingerprint density at radius 3 is 2.62 bits per heavy atom. The SMILES string of the molecule is CC(C)(C)NC(=O)c1ccn(C/C(=C/F)CNC(=O)O)c1. The van der Waals surface area contributed by atoms with Crippen molar-refractivity contribution in [3.63, 3.8) is 0 Å². The van der Waals surface area contributed by atoms with Crippen molar-refractivity contribution < 1.29 is 19.1 Å². The summed E-state index contributed by atoms with van der Waals surface area (Å²) in [6, 6.07) is 1.63. The topological polar surface area (TPSA) is 83.4 Å². The lowest BCUT2D eigenvalue weighted by atomic mass is 10.1. The maximum Gasteiger partial charge on any atom is 0.404 e. The van der Waals surface area contributed by atoms with Crippen LogP contribution in [0.3, 0.4) is 0 Å². The maximum atomic E-state index is 12.7. The maximum absolute atomic E-state index is 12.7. The van der Waals surface area contributed by atoms with Gasteiger partial charge in [-0.05, 0) is 32.4 Å². The van der Waals surface area contributed by atoms with E-state index in [1.807, 2.05) is 20.8 Å². The fourth-order valence-corrected chi connectivity index (χ4v) is 1.64. The lowest BCUT2D eigenvalue weighted by Gasteiger charge is -2.19. The number of hydrogen-bond acceptors (Lipinski definition) is 2. The smallest absolute Gasteiger partial charge is 0.404 e. The van der Waals surface area contributed by atoms with Gasteiger partial charge in [-0.1, -0.05) is 0 Å². The molecule has 0 saturated heterocycles. The minimum atomic E-state index is -1.22. The summed E-state index contributed by atoms with van der Waals surface area (Å²) < 4.78 is 14.3. The van der Waals surface area contributed by atoms with Crippen molar-refractivity contribution in [2.45, 2.75) is 32.9 Å². The second kappa shape index (κ2) is 6.92. The average Bonchev–Trinajstić information content (AvgIpc) is 2.80. The molecule has 21 heavy (non-hydrogen) atoms. The molecule has 0 aliphatic rings. The largest absolute Gasteiger partial charge is 0.465 e. The van der Waals surface area contributed by atoms with Crippen LogP contribution in [-0.4, -0.2) is 33.8 Å². The Morgan fingerprint density at radius 1 is 1.43 bits per heavy atom. The Kier molecular flexibility index (Phi) is 5.52. The number of aromatic nitrogens is 1. The number of carbonyl (C=O) groups is 2. The summed E-state index contributed by atoms with van der Waals surface area (Å²) >= 11 is 0. The average molecular weight is 297 g/mol. The minimum Gasteiger partial charge on any atom is -0.465 e. The van der Waals surface area contributed by atoms with Gasteiger partial charge >= 0.3 is 6.09 Å². The summed E-state index contributed by atoms with van der Waals surface area (Å²) in [6.45, 7) is 5.70. The van der Waals surface area contributed by atoms with Gasteiger partial charge in [0.2, 0.25) is 0 Å². The molecule has 1 aromatic heterocycles. The van der Waals surface area contributed by atoms with Gasteiger partial charge in [-0.25, -0.2) is 9.18 Å². The first kappa shape index (κ1) is 16.7. The molecule has 0 aromatic carbocycles. The third-order valence-electron chi connectivity index (χ3n) is 2.51. The van der Waals surface area contributed by atoms with Crippen molar-refractivity contribution in [2.24, 2.45) is 0 Å². The van der Waals surface area contributed by atoms with E-state index in [0.717, 1.165) is 0 Å². The molecule has 1 rings (SSSR count). The highest BCUT2D eigenvalue weighted by Crippen LogP contribution is 2.08. The van der Waals surface area contributed by atoms with E-state index in [9.17, 15) is 14.0 Å². The quantitative estimate of drug-likeness (QED) is 0.778. The molecule has 0 aliphatic carbocycles. The number of halogens is 1. The summed E-state index contributed by atoms with van der Waals surface area (Å²) in [4.78, 5) is 22.3. The fraction of sp³-hybridized carbons (Fsp3) is 0.429. The van der Waals surface area contributed by atoms with E-state index in [2.05, 4.69) is 10.6 Å². The molecule has 6 nitrogen and oxygen atoms in total. The van der Waals surface area contributed by atoms with Crippen molar-refractivity contribution in [3.8, 4) is 0 Å². The van der Waals surface area contributed by atoms with Crippen LogP contribution in [0, 0.1) is 0 Å². The number of hydrogen-bond donors (Lipinski definition) is 3. The molecule has 116 valence electrons. The molecule has 0 saturated carbocycles. The second-order valence-corrected chi connectivity index (χ2v) is 5.70. The molecule has 0 atom stereocenters. The zero-order valence-corrected chi connectivity index (χ0v) is 12.3. The van der Waals surface area contributed by atoms with Gasteiger partial charge in [0.25, 0.3) is 5.91 Å². The Hall–Kier alpha value is -2.31. The summed E-state index contributed by atoms with van der Waals surface area (Å²) in [5, 5.41) is 13.4. The third-order valence-corrected chi connectivity index (χ3v) is 2.51.